The van der Waals surface area contributed by atoms with Gasteiger partial charge in [-0.1, -0.05) is 20.8 Å². The summed E-state index contributed by atoms with van der Waals surface area (Å²) in [5.74, 6) is -0.915. The van der Waals surface area contributed by atoms with E-state index < -0.39 is 12.0 Å². The Hall–Kier alpha value is -1.30. The maximum absolute atomic E-state index is 12.4. The molecular formula is C15H28N2O4. The standard InChI is InChI=1S/C15H28N2O4/c1-15(2,3)10-11(9-13(19)20)16-14(21)17(7-8-18)12-5-4-6-12/h11-12,18H,4-10H2,1-3H3,(H,16,21)(H,19,20). The van der Waals surface area contributed by atoms with Gasteiger partial charge in [0.15, 0.2) is 0 Å². The van der Waals surface area contributed by atoms with Crippen LogP contribution < -0.4 is 5.32 Å². The van der Waals surface area contributed by atoms with Gasteiger partial charge in [0.2, 0.25) is 0 Å². The summed E-state index contributed by atoms with van der Waals surface area (Å²) in [7, 11) is 0. The van der Waals surface area contributed by atoms with Crippen LogP contribution in [0.15, 0.2) is 0 Å². The van der Waals surface area contributed by atoms with Crippen molar-refractivity contribution in [1.29, 1.82) is 0 Å². The van der Waals surface area contributed by atoms with Crippen LogP contribution in [-0.4, -0.2) is 52.3 Å². The maximum atomic E-state index is 12.4. The van der Waals surface area contributed by atoms with Crippen LogP contribution in [0.1, 0.15) is 52.9 Å². The van der Waals surface area contributed by atoms with Crippen molar-refractivity contribution in [1.82, 2.24) is 10.2 Å². The number of aliphatic hydroxyl groups excluding tert-OH is 1. The Morgan fingerprint density at radius 3 is 2.33 bits per heavy atom. The summed E-state index contributed by atoms with van der Waals surface area (Å²) in [5, 5.41) is 20.9. The molecule has 21 heavy (non-hydrogen) atoms. The monoisotopic (exact) mass is 300 g/mol. The van der Waals surface area contributed by atoms with E-state index in [1.54, 1.807) is 4.90 Å². The predicted molar refractivity (Wildman–Crippen MR) is 80.1 cm³/mol. The fourth-order valence-corrected chi connectivity index (χ4v) is 2.64. The first kappa shape index (κ1) is 17.8. The van der Waals surface area contributed by atoms with Gasteiger partial charge in [-0.3, -0.25) is 4.79 Å². The van der Waals surface area contributed by atoms with Crippen LogP contribution in [0.2, 0.25) is 0 Å². The van der Waals surface area contributed by atoms with Gasteiger partial charge in [0, 0.05) is 18.6 Å². The molecule has 122 valence electrons. The van der Waals surface area contributed by atoms with Crippen molar-refractivity contribution in [3.05, 3.63) is 0 Å². The first-order valence-electron chi connectivity index (χ1n) is 7.62. The molecule has 1 aliphatic rings. The number of urea groups is 1. The molecule has 0 aromatic rings. The van der Waals surface area contributed by atoms with Crippen LogP contribution in [-0.2, 0) is 4.79 Å². The minimum atomic E-state index is -0.915. The highest BCUT2D eigenvalue weighted by Gasteiger charge is 2.30. The Morgan fingerprint density at radius 2 is 1.95 bits per heavy atom. The lowest BCUT2D eigenvalue weighted by Gasteiger charge is -2.38. The van der Waals surface area contributed by atoms with Crippen LogP contribution in [0.3, 0.4) is 0 Å². The van der Waals surface area contributed by atoms with Crippen LogP contribution in [0.5, 0.6) is 0 Å². The number of carbonyl (C=O) groups is 2. The fraction of sp³-hybridized carbons (Fsp3) is 0.867. The summed E-state index contributed by atoms with van der Waals surface area (Å²) in [4.78, 5) is 25.0. The summed E-state index contributed by atoms with van der Waals surface area (Å²) in [6, 6.07) is -0.474. The van der Waals surface area contributed by atoms with Crippen molar-refractivity contribution in [2.75, 3.05) is 13.2 Å². The van der Waals surface area contributed by atoms with Crippen LogP contribution >= 0.6 is 0 Å². The number of amides is 2. The van der Waals surface area contributed by atoms with Crippen molar-refractivity contribution >= 4 is 12.0 Å². The summed E-state index contributed by atoms with van der Waals surface area (Å²) in [5.41, 5.74) is -0.0638. The number of carboxylic acids is 1. The largest absolute Gasteiger partial charge is 0.481 e. The molecule has 0 heterocycles. The molecule has 0 radical (unpaired) electrons. The van der Waals surface area contributed by atoms with Gasteiger partial charge in [-0.15, -0.1) is 0 Å². The molecule has 1 saturated carbocycles. The average molecular weight is 300 g/mol. The number of carboxylic acid groups (broad SMARTS) is 1. The van der Waals surface area contributed by atoms with Crippen molar-refractivity contribution in [2.24, 2.45) is 5.41 Å². The smallest absolute Gasteiger partial charge is 0.317 e. The Bertz CT molecular complexity index is 361. The molecule has 1 aliphatic carbocycles. The number of hydrogen-bond acceptors (Lipinski definition) is 3. The van der Waals surface area contributed by atoms with E-state index in [0.717, 1.165) is 19.3 Å². The van der Waals surface area contributed by atoms with Crippen molar-refractivity contribution < 1.29 is 19.8 Å². The molecule has 1 atom stereocenters. The summed E-state index contributed by atoms with van der Waals surface area (Å²) in [6.45, 7) is 6.28. The molecule has 6 nitrogen and oxygen atoms in total. The lowest BCUT2D eigenvalue weighted by atomic mass is 9.87. The van der Waals surface area contributed by atoms with Gasteiger partial charge in [-0.2, -0.15) is 0 Å². The molecule has 0 bridgehead atoms. The highest BCUT2D eigenvalue weighted by Crippen LogP contribution is 2.26. The van der Waals surface area contributed by atoms with Gasteiger partial charge in [-0.05, 0) is 31.1 Å². The fourth-order valence-electron chi connectivity index (χ4n) is 2.64. The molecule has 1 rings (SSSR count). The number of hydrogen-bond donors (Lipinski definition) is 3. The molecule has 0 saturated heterocycles. The van der Waals surface area contributed by atoms with Crippen LogP contribution in [0.25, 0.3) is 0 Å². The molecule has 0 spiro atoms. The maximum Gasteiger partial charge on any atom is 0.317 e. The normalized spacial score (nSPS) is 17.0. The molecule has 1 unspecified atom stereocenters. The zero-order valence-electron chi connectivity index (χ0n) is 13.3. The molecule has 0 aromatic heterocycles. The number of aliphatic hydroxyl groups is 1. The van der Waals surface area contributed by atoms with Crippen molar-refractivity contribution in [3.63, 3.8) is 0 Å². The Morgan fingerprint density at radius 1 is 1.33 bits per heavy atom. The van der Waals surface area contributed by atoms with E-state index in [2.05, 4.69) is 5.32 Å². The Kier molecular flexibility index (Phi) is 6.45. The van der Waals surface area contributed by atoms with Gasteiger partial charge < -0.3 is 20.4 Å². The van der Waals surface area contributed by atoms with E-state index >= 15 is 0 Å². The zero-order valence-corrected chi connectivity index (χ0v) is 13.3. The Balaban J connectivity index is 2.65. The Labute approximate surface area is 126 Å². The van der Waals surface area contributed by atoms with E-state index in [4.69, 9.17) is 10.2 Å². The zero-order chi connectivity index (χ0) is 16.0. The summed E-state index contributed by atoms with van der Waals surface area (Å²) >= 11 is 0. The van der Waals surface area contributed by atoms with Crippen molar-refractivity contribution in [3.8, 4) is 0 Å². The van der Waals surface area contributed by atoms with E-state index in [9.17, 15) is 9.59 Å². The second-order valence-corrected chi connectivity index (χ2v) is 7.01. The molecule has 6 heteroatoms. The van der Waals surface area contributed by atoms with Crippen LogP contribution in [0, 0.1) is 5.41 Å². The predicted octanol–water partition coefficient (Wildman–Crippen LogP) is 1.82. The lowest BCUT2D eigenvalue weighted by molar-refractivity contribution is -0.137. The number of aliphatic carboxylic acids is 1. The minimum absolute atomic E-state index is 0.0638. The third kappa shape index (κ3) is 6.33. The molecule has 1 fully saturated rings. The average Bonchev–Trinajstić information content (AvgIpc) is 2.22. The second-order valence-electron chi connectivity index (χ2n) is 7.01. The van der Waals surface area contributed by atoms with E-state index in [1.165, 1.54) is 0 Å². The lowest BCUT2D eigenvalue weighted by Crippen LogP contribution is -2.53. The van der Waals surface area contributed by atoms with Crippen molar-refractivity contribution in [2.45, 2.75) is 65.0 Å². The molecular weight excluding hydrogens is 272 g/mol. The summed E-state index contributed by atoms with van der Waals surface area (Å²) < 4.78 is 0. The topological polar surface area (TPSA) is 89.9 Å². The highest BCUT2D eigenvalue weighted by molar-refractivity contribution is 5.76. The van der Waals surface area contributed by atoms with Gasteiger partial charge >= 0.3 is 12.0 Å². The number of carbonyl (C=O) groups excluding carboxylic acids is 1. The molecule has 2 amide bonds. The van der Waals surface area contributed by atoms with Crippen LogP contribution in [0.4, 0.5) is 4.79 Å². The molecule has 0 aromatic carbocycles. The minimum Gasteiger partial charge on any atom is -0.481 e. The summed E-state index contributed by atoms with van der Waals surface area (Å²) in [6.07, 6.45) is 3.52. The third-order valence-electron chi connectivity index (χ3n) is 3.72. The van der Waals surface area contributed by atoms with E-state index in [0.29, 0.717) is 13.0 Å². The number of nitrogens with zero attached hydrogens (tertiary/aromatic N) is 1. The van der Waals surface area contributed by atoms with Gasteiger partial charge in [0.05, 0.1) is 13.0 Å². The SMILES string of the molecule is CC(C)(C)CC(CC(=O)O)NC(=O)N(CCO)C1CCC1. The van der Waals surface area contributed by atoms with E-state index in [-0.39, 0.29) is 30.5 Å². The third-order valence-corrected chi connectivity index (χ3v) is 3.72. The van der Waals surface area contributed by atoms with Gasteiger partial charge in [0.25, 0.3) is 0 Å². The van der Waals surface area contributed by atoms with E-state index in [1.807, 2.05) is 20.8 Å². The first-order chi connectivity index (χ1) is 9.73. The number of nitrogens with one attached hydrogen (secondary N) is 1. The first-order valence-corrected chi connectivity index (χ1v) is 7.62. The molecule has 3 N–H and O–H groups in total. The van der Waals surface area contributed by atoms with Gasteiger partial charge in [-0.25, -0.2) is 4.79 Å². The van der Waals surface area contributed by atoms with Gasteiger partial charge in [0.1, 0.15) is 0 Å². The molecule has 0 aliphatic heterocycles. The highest BCUT2D eigenvalue weighted by atomic mass is 16.4. The second kappa shape index (κ2) is 7.64. The quantitative estimate of drug-likeness (QED) is 0.669. The number of rotatable bonds is 7.